The van der Waals surface area contributed by atoms with Crippen LogP contribution in [-0.4, -0.2) is 77.5 Å². The van der Waals surface area contributed by atoms with Gasteiger partial charge in [0.05, 0.1) is 13.1 Å². The van der Waals surface area contributed by atoms with Crippen LogP contribution in [0, 0.1) is 5.82 Å². The van der Waals surface area contributed by atoms with Gasteiger partial charge in [-0.05, 0) is 57.5 Å². The number of carboxylic acid groups (broad SMARTS) is 1. The van der Waals surface area contributed by atoms with Crippen LogP contribution in [0.4, 0.5) is 4.39 Å². The fourth-order valence-corrected chi connectivity index (χ4v) is 3.60. The highest BCUT2D eigenvalue weighted by Gasteiger charge is 2.24. The second-order valence-electron chi connectivity index (χ2n) is 7.21. The molecule has 150 valence electrons. The second-order valence-corrected chi connectivity index (χ2v) is 7.21. The number of benzene rings is 1. The maximum atomic E-state index is 13.4. The van der Waals surface area contributed by atoms with Crippen LogP contribution in [0.15, 0.2) is 24.3 Å². The predicted molar refractivity (Wildman–Crippen MR) is 102 cm³/mol. The van der Waals surface area contributed by atoms with E-state index in [2.05, 4.69) is 4.90 Å². The van der Waals surface area contributed by atoms with E-state index >= 15 is 0 Å². The first-order chi connectivity index (χ1) is 12.9. The first kappa shape index (κ1) is 21.3. The Morgan fingerprint density at radius 1 is 1.30 bits per heavy atom. The molecule has 0 radical (unpaired) electrons. The van der Waals surface area contributed by atoms with E-state index in [1.165, 1.54) is 12.1 Å². The van der Waals surface area contributed by atoms with Crippen molar-refractivity contribution < 1.29 is 19.1 Å². The van der Waals surface area contributed by atoms with Gasteiger partial charge in [-0.2, -0.15) is 0 Å². The third-order valence-electron chi connectivity index (χ3n) is 5.15. The fraction of sp³-hybridized carbons (Fsp3) is 0.600. The molecule has 0 bridgehead atoms. The van der Waals surface area contributed by atoms with Crippen LogP contribution in [0.1, 0.15) is 31.7 Å². The lowest BCUT2D eigenvalue weighted by atomic mass is 10.1. The summed E-state index contributed by atoms with van der Waals surface area (Å²) in [5.74, 6) is -1.07. The molecule has 1 aromatic rings. The molecule has 1 aromatic carbocycles. The van der Waals surface area contributed by atoms with Crippen LogP contribution >= 0.6 is 0 Å². The molecule has 7 heteroatoms. The number of likely N-dealkylation sites (N-methyl/N-ethyl adjacent to an activating group) is 2. The van der Waals surface area contributed by atoms with Gasteiger partial charge in [-0.25, -0.2) is 4.39 Å². The van der Waals surface area contributed by atoms with E-state index < -0.39 is 5.97 Å². The van der Waals surface area contributed by atoms with Crippen molar-refractivity contribution in [1.82, 2.24) is 14.7 Å². The number of rotatable bonds is 8. The zero-order valence-electron chi connectivity index (χ0n) is 16.2. The zero-order chi connectivity index (χ0) is 19.8. The van der Waals surface area contributed by atoms with Crippen LogP contribution < -0.4 is 0 Å². The molecule has 1 atom stereocenters. The van der Waals surface area contributed by atoms with Gasteiger partial charge in [0.15, 0.2) is 0 Å². The molecule has 2 rings (SSSR count). The Kier molecular flexibility index (Phi) is 8.19. The molecule has 1 N–H and O–H groups in total. The number of aliphatic carboxylic acids is 1. The van der Waals surface area contributed by atoms with Gasteiger partial charge < -0.3 is 10.0 Å². The van der Waals surface area contributed by atoms with Crippen LogP contribution in [0.5, 0.6) is 0 Å². The maximum absolute atomic E-state index is 13.4. The van der Waals surface area contributed by atoms with E-state index in [4.69, 9.17) is 5.11 Å². The Morgan fingerprint density at radius 3 is 2.74 bits per heavy atom. The molecule has 27 heavy (non-hydrogen) atoms. The number of carboxylic acids is 1. The standard InChI is InChI=1S/C20H30FN3O3/c1-3-24(13-16-6-4-7-17(21)12-16)19(25)14-23-10-5-8-18(9-11-23)22(2)15-20(26)27/h4,6-7,12,18H,3,5,8-11,13-15H2,1-2H3,(H,26,27). The van der Waals surface area contributed by atoms with Gasteiger partial charge in [-0.15, -0.1) is 0 Å². The fourth-order valence-electron chi connectivity index (χ4n) is 3.60. The van der Waals surface area contributed by atoms with Gasteiger partial charge in [0.1, 0.15) is 5.82 Å². The number of hydrogen-bond acceptors (Lipinski definition) is 4. The Hall–Kier alpha value is -1.99. The summed E-state index contributed by atoms with van der Waals surface area (Å²) in [7, 11) is 1.84. The Balaban J connectivity index is 1.87. The Morgan fingerprint density at radius 2 is 2.07 bits per heavy atom. The van der Waals surface area contributed by atoms with Crippen molar-refractivity contribution in [3.63, 3.8) is 0 Å². The smallest absolute Gasteiger partial charge is 0.317 e. The molecule has 6 nitrogen and oxygen atoms in total. The molecular formula is C20H30FN3O3. The van der Waals surface area contributed by atoms with Crippen molar-refractivity contribution in [2.75, 3.05) is 39.8 Å². The minimum absolute atomic E-state index is 0.0408. The molecule has 0 aromatic heterocycles. The SMILES string of the molecule is CCN(Cc1cccc(F)c1)C(=O)CN1CCCC(N(C)CC(=O)O)CC1. The van der Waals surface area contributed by atoms with Crippen LogP contribution in [0.25, 0.3) is 0 Å². The minimum Gasteiger partial charge on any atom is -0.480 e. The van der Waals surface area contributed by atoms with Crippen LogP contribution in [0.3, 0.4) is 0 Å². The minimum atomic E-state index is -0.815. The summed E-state index contributed by atoms with van der Waals surface area (Å²) >= 11 is 0. The number of halogens is 1. The van der Waals surface area contributed by atoms with Gasteiger partial charge in [-0.3, -0.25) is 19.4 Å². The number of likely N-dealkylation sites (tertiary alicyclic amines) is 1. The van der Waals surface area contributed by atoms with Crippen molar-refractivity contribution in [2.45, 2.75) is 38.8 Å². The average Bonchev–Trinajstić information content (AvgIpc) is 2.84. The second kappa shape index (κ2) is 10.4. The van der Waals surface area contributed by atoms with Gasteiger partial charge >= 0.3 is 5.97 Å². The quantitative estimate of drug-likeness (QED) is 0.749. The van der Waals surface area contributed by atoms with Gasteiger partial charge in [-0.1, -0.05) is 12.1 Å². The lowest BCUT2D eigenvalue weighted by Gasteiger charge is -2.27. The van der Waals surface area contributed by atoms with E-state index in [0.29, 0.717) is 19.6 Å². The third kappa shape index (κ3) is 6.92. The molecule has 1 saturated heterocycles. The molecule has 1 heterocycles. The molecule has 1 unspecified atom stereocenters. The van der Waals surface area contributed by atoms with E-state index in [9.17, 15) is 14.0 Å². The highest BCUT2D eigenvalue weighted by molar-refractivity contribution is 5.78. The van der Waals surface area contributed by atoms with Gasteiger partial charge in [0.2, 0.25) is 5.91 Å². The van der Waals surface area contributed by atoms with Crippen LogP contribution in [0.2, 0.25) is 0 Å². The number of carbonyl (C=O) groups is 2. The summed E-state index contributed by atoms with van der Waals surface area (Å²) in [6, 6.07) is 6.58. The summed E-state index contributed by atoms with van der Waals surface area (Å²) in [6.07, 6.45) is 2.74. The summed E-state index contributed by atoms with van der Waals surface area (Å²) in [6.45, 7) is 4.91. The largest absolute Gasteiger partial charge is 0.480 e. The Bertz CT molecular complexity index is 641. The predicted octanol–water partition coefficient (Wildman–Crippen LogP) is 2.05. The van der Waals surface area contributed by atoms with Crippen LogP contribution in [-0.2, 0) is 16.1 Å². The molecule has 0 spiro atoms. The van der Waals surface area contributed by atoms with E-state index in [0.717, 1.165) is 37.9 Å². The molecule has 1 fully saturated rings. The molecule has 0 saturated carbocycles. The highest BCUT2D eigenvalue weighted by Crippen LogP contribution is 2.16. The van der Waals surface area contributed by atoms with Crippen molar-refractivity contribution in [2.24, 2.45) is 0 Å². The molecule has 1 aliphatic rings. The first-order valence-corrected chi connectivity index (χ1v) is 9.55. The van der Waals surface area contributed by atoms with Crippen molar-refractivity contribution in [3.05, 3.63) is 35.6 Å². The first-order valence-electron chi connectivity index (χ1n) is 9.55. The third-order valence-corrected chi connectivity index (χ3v) is 5.15. The molecule has 1 aliphatic heterocycles. The molecule has 0 aliphatic carbocycles. The highest BCUT2D eigenvalue weighted by atomic mass is 19.1. The summed E-state index contributed by atoms with van der Waals surface area (Å²) in [5, 5.41) is 8.96. The Labute approximate surface area is 160 Å². The summed E-state index contributed by atoms with van der Waals surface area (Å²) < 4.78 is 13.4. The van der Waals surface area contributed by atoms with E-state index in [1.54, 1.807) is 11.0 Å². The summed E-state index contributed by atoms with van der Waals surface area (Å²) in [5.41, 5.74) is 0.788. The average molecular weight is 379 g/mol. The van der Waals surface area contributed by atoms with E-state index in [1.807, 2.05) is 24.9 Å². The van der Waals surface area contributed by atoms with Crippen molar-refractivity contribution in [1.29, 1.82) is 0 Å². The number of amides is 1. The molecule has 1 amide bonds. The van der Waals surface area contributed by atoms with Gasteiger partial charge in [0, 0.05) is 25.7 Å². The van der Waals surface area contributed by atoms with Crippen molar-refractivity contribution >= 4 is 11.9 Å². The monoisotopic (exact) mass is 379 g/mol. The number of carbonyl (C=O) groups excluding carboxylic acids is 1. The lowest BCUT2D eigenvalue weighted by Crippen LogP contribution is -2.41. The number of hydrogen-bond donors (Lipinski definition) is 1. The normalized spacial score (nSPS) is 18.3. The van der Waals surface area contributed by atoms with Crippen molar-refractivity contribution in [3.8, 4) is 0 Å². The van der Waals surface area contributed by atoms with E-state index in [-0.39, 0.29) is 24.3 Å². The summed E-state index contributed by atoms with van der Waals surface area (Å²) in [4.78, 5) is 29.4. The number of nitrogens with zero attached hydrogens (tertiary/aromatic N) is 3. The topological polar surface area (TPSA) is 64.1 Å². The zero-order valence-corrected chi connectivity index (χ0v) is 16.2. The molecular weight excluding hydrogens is 349 g/mol. The van der Waals surface area contributed by atoms with Gasteiger partial charge in [0.25, 0.3) is 0 Å². The maximum Gasteiger partial charge on any atom is 0.317 e. The lowest BCUT2D eigenvalue weighted by molar-refractivity contribution is -0.138.